The maximum absolute atomic E-state index is 13.2. The highest BCUT2D eigenvalue weighted by molar-refractivity contribution is 6.31. The average Bonchev–Trinajstić information content (AvgIpc) is 3.05. The first kappa shape index (κ1) is 24.0. The van der Waals surface area contributed by atoms with E-state index >= 15 is 0 Å². The van der Waals surface area contributed by atoms with Crippen LogP contribution in [0.5, 0.6) is 0 Å². The van der Waals surface area contributed by atoms with Gasteiger partial charge in [0.05, 0.1) is 11.4 Å². The van der Waals surface area contributed by atoms with Crippen molar-refractivity contribution in [2.45, 2.75) is 33.2 Å². The molecule has 11 heteroatoms. The molecule has 0 saturated heterocycles. The molecule has 3 N–H and O–H groups in total. The van der Waals surface area contributed by atoms with Crippen molar-refractivity contribution in [3.63, 3.8) is 0 Å². The summed E-state index contributed by atoms with van der Waals surface area (Å²) < 4.78 is 15.9. The number of halogens is 2. The quantitative estimate of drug-likeness (QED) is 0.510. The molecule has 0 fully saturated rings. The number of rotatable bonds is 7. The Hall–Kier alpha value is -3.66. The summed E-state index contributed by atoms with van der Waals surface area (Å²) in [4.78, 5) is 40.5. The van der Waals surface area contributed by atoms with E-state index in [-0.39, 0.29) is 22.5 Å². The number of benzene rings is 1. The number of hydrogen-bond acceptors (Lipinski definition) is 5. The van der Waals surface area contributed by atoms with Crippen LogP contribution in [0.15, 0.2) is 39.9 Å². The molecule has 0 saturated carbocycles. The van der Waals surface area contributed by atoms with E-state index in [2.05, 4.69) is 10.1 Å². The predicted molar refractivity (Wildman–Crippen MR) is 126 cm³/mol. The standard InChI is InChI=1S/C22H24ClFN6O3/c1-4-5-12-29-20(25)18(21(32)26-22(29)33)28(3)17(31)11-10-16-13(2)27-30(19(16)23)15-8-6-14(24)7-9-15/h6-11H,4-5,12,25H2,1-3H3,(H,26,32,33). The van der Waals surface area contributed by atoms with Crippen LogP contribution >= 0.6 is 11.6 Å². The maximum atomic E-state index is 13.2. The Morgan fingerprint density at radius 2 is 1.97 bits per heavy atom. The molecular formula is C22H24ClFN6O3. The van der Waals surface area contributed by atoms with E-state index in [9.17, 15) is 18.8 Å². The molecule has 0 atom stereocenters. The van der Waals surface area contributed by atoms with Crippen molar-refractivity contribution >= 4 is 35.1 Å². The van der Waals surface area contributed by atoms with Crippen molar-refractivity contribution in [1.29, 1.82) is 0 Å². The summed E-state index contributed by atoms with van der Waals surface area (Å²) in [6.07, 6.45) is 4.21. The van der Waals surface area contributed by atoms with Gasteiger partial charge in [-0.05, 0) is 43.7 Å². The molecular weight excluding hydrogens is 451 g/mol. The zero-order chi connectivity index (χ0) is 24.3. The van der Waals surface area contributed by atoms with E-state index in [0.717, 1.165) is 11.3 Å². The molecule has 0 spiro atoms. The molecule has 0 radical (unpaired) electrons. The lowest BCUT2D eigenvalue weighted by molar-refractivity contribution is -0.113. The molecule has 0 unspecified atom stereocenters. The van der Waals surface area contributed by atoms with Gasteiger partial charge in [-0.3, -0.25) is 19.1 Å². The summed E-state index contributed by atoms with van der Waals surface area (Å²) >= 11 is 6.44. The van der Waals surface area contributed by atoms with Crippen molar-refractivity contribution in [2.75, 3.05) is 17.7 Å². The van der Waals surface area contributed by atoms with Gasteiger partial charge in [-0.1, -0.05) is 24.9 Å². The van der Waals surface area contributed by atoms with Crippen LogP contribution in [0.3, 0.4) is 0 Å². The Kier molecular flexibility index (Phi) is 7.17. The summed E-state index contributed by atoms with van der Waals surface area (Å²) in [5.41, 5.74) is 6.15. The molecule has 3 rings (SSSR count). The van der Waals surface area contributed by atoms with E-state index in [1.165, 1.54) is 52.7 Å². The third-order valence-corrected chi connectivity index (χ3v) is 5.49. The number of aromatic amines is 1. The summed E-state index contributed by atoms with van der Waals surface area (Å²) in [5, 5.41) is 4.57. The Bertz CT molecular complexity index is 1320. The normalized spacial score (nSPS) is 11.3. The molecule has 1 aromatic carbocycles. The monoisotopic (exact) mass is 474 g/mol. The number of amides is 1. The number of nitrogens with two attached hydrogens (primary N) is 1. The maximum Gasteiger partial charge on any atom is 0.330 e. The van der Waals surface area contributed by atoms with Crippen LogP contribution in [0, 0.1) is 12.7 Å². The first-order chi connectivity index (χ1) is 15.6. The van der Waals surface area contributed by atoms with E-state index in [4.69, 9.17) is 17.3 Å². The lowest BCUT2D eigenvalue weighted by atomic mass is 10.2. The first-order valence-corrected chi connectivity index (χ1v) is 10.6. The van der Waals surface area contributed by atoms with Gasteiger partial charge in [0.15, 0.2) is 5.69 Å². The van der Waals surface area contributed by atoms with Crippen molar-refractivity contribution in [3.8, 4) is 5.69 Å². The number of aryl methyl sites for hydroxylation is 1. The summed E-state index contributed by atoms with van der Waals surface area (Å²) in [6.45, 7) is 3.99. The smallest absolute Gasteiger partial charge is 0.330 e. The fourth-order valence-electron chi connectivity index (χ4n) is 3.27. The molecule has 2 heterocycles. The Balaban J connectivity index is 1.91. The third kappa shape index (κ3) is 4.90. The zero-order valence-corrected chi connectivity index (χ0v) is 19.2. The molecule has 2 aromatic heterocycles. The summed E-state index contributed by atoms with van der Waals surface area (Å²) in [7, 11) is 1.39. The summed E-state index contributed by atoms with van der Waals surface area (Å²) in [6, 6.07) is 5.64. The van der Waals surface area contributed by atoms with E-state index < -0.39 is 17.2 Å². The molecule has 0 aliphatic carbocycles. The van der Waals surface area contributed by atoms with E-state index in [0.29, 0.717) is 29.9 Å². The predicted octanol–water partition coefficient (Wildman–Crippen LogP) is 2.88. The largest absolute Gasteiger partial charge is 0.383 e. The number of aromatic nitrogens is 4. The molecule has 0 bridgehead atoms. The van der Waals surface area contributed by atoms with Gasteiger partial charge in [0, 0.05) is 25.2 Å². The Labute approximate surface area is 193 Å². The highest BCUT2D eigenvalue weighted by Gasteiger charge is 2.20. The van der Waals surface area contributed by atoms with Gasteiger partial charge in [-0.2, -0.15) is 5.10 Å². The lowest BCUT2D eigenvalue weighted by Crippen LogP contribution is -2.38. The van der Waals surface area contributed by atoms with Crippen molar-refractivity contribution in [1.82, 2.24) is 19.3 Å². The minimum atomic E-state index is -0.757. The van der Waals surface area contributed by atoms with Crippen LogP contribution in [-0.2, 0) is 11.3 Å². The molecule has 1 amide bonds. The van der Waals surface area contributed by atoms with E-state index in [1.54, 1.807) is 6.92 Å². The van der Waals surface area contributed by atoms with Gasteiger partial charge in [-0.15, -0.1) is 0 Å². The number of anilines is 2. The minimum Gasteiger partial charge on any atom is -0.383 e. The Morgan fingerprint density at radius 3 is 2.61 bits per heavy atom. The van der Waals surface area contributed by atoms with Crippen molar-refractivity contribution in [2.24, 2.45) is 0 Å². The van der Waals surface area contributed by atoms with Crippen LogP contribution in [0.2, 0.25) is 5.15 Å². The molecule has 33 heavy (non-hydrogen) atoms. The molecule has 3 aromatic rings. The van der Waals surface area contributed by atoms with Crippen molar-refractivity contribution in [3.05, 3.63) is 73.4 Å². The zero-order valence-electron chi connectivity index (χ0n) is 18.4. The van der Waals surface area contributed by atoms with Gasteiger partial charge in [0.1, 0.15) is 16.8 Å². The van der Waals surface area contributed by atoms with Gasteiger partial charge >= 0.3 is 5.69 Å². The van der Waals surface area contributed by atoms with Crippen LogP contribution in [-0.4, -0.2) is 32.3 Å². The highest BCUT2D eigenvalue weighted by Crippen LogP contribution is 2.25. The van der Waals surface area contributed by atoms with Gasteiger partial charge in [0.25, 0.3) is 11.5 Å². The number of nitrogens with zero attached hydrogens (tertiary/aromatic N) is 4. The topological polar surface area (TPSA) is 119 Å². The van der Waals surface area contributed by atoms with Gasteiger partial charge < -0.3 is 10.6 Å². The van der Waals surface area contributed by atoms with E-state index in [1.807, 2.05) is 6.92 Å². The number of nitrogen functional groups attached to an aromatic ring is 1. The van der Waals surface area contributed by atoms with Crippen molar-refractivity contribution < 1.29 is 9.18 Å². The molecule has 0 aliphatic rings. The number of likely N-dealkylation sites (N-methyl/N-ethyl adjacent to an activating group) is 1. The lowest BCUT2D eigenvalue weighted by Gasteiger charge is -2.19. The number of H-pyrrole nitrogens is 1. The fourth-order valence-corrected chi connectivity index (χ4v) is 3.61. The second kappa shape index (κ2) is 9.86. The number of carbonyl (C=O) groups excluding carboxylic acids is 1. The SMILES string of the molecule is CCCCn1c(N)c(N(C)C(=O)C=Cc2c(C)nn(-c3ccc(F)cc3)c2Cl)c(=O)[nH]c1=O. The third-order valence-electron chi connectivity index (χ3n) is 5.13. The molecule has 9 nitrogen and oxygen atoms in total. The number of nitrogens with one attached hydrogen (secondary N) is 1. The fraction of sp³-hybridized carbons (Fsp3) is 0.273. The molecule has 0 aliphatic heterocycles. The highest BCUT2D eigenvalue weighted by atomic mass is 35.5. The minimum absolute atomic E-state index is 0.0835. The molecule has 174 valence electrons. The van der Waals surface area contributed by atoms with Gasteiger partial charge in [-0.25, -0.2) is 13.9 Å². The van der Waals surface area contributed by atoms with Crippen LogP contribution in [0.4, 0.5) is 15.9 Å². The number of hydrogen-bond donors (Lipinski definition) is 2. The number of carbonyl (C=O) groups is 1. The average molecular weight is 475 g/mol. The number of unbranched alkanes of at least 4 members (excludes halogenated alkanes) is 1. The first-order valence-electron chi connectivity index (χ1n) is 10.2. The van der Waals surface area contributed by atoms with Crippen LogP contribution in [0.25, 0.3) is 11.8 Å². The van der Waals surface area contributed by atoms with Crippen LogP contribution in [0.1, 0.15) is 31.0 Å². The second-order valence-corrected chi connectivity index (χ2v) is 7.77. The van der Waals surface area contributed by atoms with Crippen LogP contribution < -0.4 is 21.9 Å². The second-order valence-electron chi connectivity index (χ2n) is 7.41. The Morgan fingerprint density at radius 1 is 1.30 bits per heavy atom. The van der Waals surface area contributed by atoms with Gasteiger partial charge in [0.2, 0.25) is 0 Å². The summed E-state index contributed by atoms with van der Waals surface area (Å²) in [5.74, 6) is -1.03.